The Morgan fingerprint density at radius 3 is 2.31 bits per heavy atom. The molecule has 1 aromatic heterocycles. The molecule has 0 aliphatic heterocycles. The van der Waals surface area contributed by atoms with Crippen molar-refractivity contribution < 1.29 is 14.2 Å². The van der Waals surface area contributed by atoms with Gasteiger partial charge in [0.2, 0.25) is 5.75 Å². The summed E-state index contributed by atoms with van der Waals surface area (Å²) in [5.74, 6) is 1.25. The van der Waals surface area contributed by atoms with Gasteiger partial charge in [0.25, 0.3) is 5.88 Å². The highest BCUT2D eigenvalue weighted by molar-refractivity contribution is 6.29. The van der Waals surface area contributed by atoms with E-state index in [0.717, 1.165) is 0 Å². The van der Waals surface area contributed by atoms with Crippen LogP contribution in [0.15, 0.2) is 6.07 Å². The molecule has 0 aliphatic carbocycles. The van der Waals surface area contributed by atoms with Crippen LogP contribution in [0.1, 0.15) is 0 Å². The molecular formula is C8H10ClNO3. The van der Waals surface area contributed by atoms with Crippen LogP contribution < -0.4 is 14.2 Å². The largest absolute Gasteiger partial charge is 0.493 e. The van der Waals surface area contributed by atoms with Gasteiger partial charge in [-0.25, -0.2) is 0 Å². The minimum atomic E-state index is 0.300. The fraction of sp³-hybridized carbons (Fsp3) is 0.375. The summed E-state index contributed by atoms with van der Waals surface area (Å²) in [6.07, 6.45) is 0. The van der Waals surface area contributed by atoms with Crippen LogP contribution in [0.3, 0.4) is 0 Å². The number of ether oxygens (including phenoxy) is 3. The first-order valence-electron chi connectivity index (χ1n) is 3.55. The zero-order chi connectivity index (χ0) is 9.84. The predicted molar refractivity (Wildman–Crippen MR) is 48.9 cm³/mol. The van der Waals surface area contributed by atoms with Crippen LogP contribution in [-0.4, -0.2) is 26.3 Å². The van der Waals surface area contributed by atoms with Gasteiger partial charge in [-0.2, -0.15) is 4.98 Å². The van der Waals surface area contributed by atoms with Crippen LogP contribution in [-0.2, 0) is 0 Å². The normalized spacial score (nSPS) is 9.54. The summed E-state index contributed by atoms with van der Waals surface area (Å²) in [5, 5.41) is 0.300. The Bertz CT molecular complexity index is 278. The Kier molecular flexibility index (Phi) is 3.19. The highest BCUT2D eigenvalue weighted by atomic mass is 35.5. The van der Waals surface area contributed by atoms with Crippen molar-refractivity contribution in [1.29, 1.82) is 0 Å². The number of nitrogens with zero attached hydrogens (tertiary/aromatic N) is 1. The third-order valence-electron chi connectivity index (χ3n) is 1.49. The third kappa shape index (κ3) is 1.95. The number of rotatable bonds is 3. The van der Waals surface area contributed by atoms with Gasteiger partial charge in [-0.3, -0.25) is 0 Å². The van der Waals surface area contributed by atoms with Gasteiger partial charge in [-0.05, 0) is 0 Å². The molecular weight excluding hydrogens is 194 g/mol. The minimum Gasteiger partial charge on any atom is -0.493 e. The van der Waals surface area contributed by atoms with E-state index >= 15 is 0 Å². The molecule has 72 valence electrons. The summed E-state index contributed by atoms with van der Waals surface area (Å²) in [6.45, 7) is 0. The topological polar surface area (TPSA) is 40.6 Å². The molecule has 0 atom stereocenters. The number of aromatic nitrogens is 1. The van der Waals surface area contributed by atoms with E-state index in [-0.39, 0.29) is 0 Å². The maximum Gasteiger partial charge on any atom is 0.262 e. The molecule has 0 aromatic carbocycles. The molecule has 0 spiro atoms. The first-order valence-corrected chi connectivity index (χ1v) is 3.93. The molecule has 0 saturated carbocycles. The molecule has 1 aromatic rings. The van der Waals surface area contributed by atoms with Crippen LogP contribution in [0.2, 0.25) is 5.15 Å². The summed E-state index contributed by atoms with van der Waals surface area (Å²) in [4.78, 5) is 3.91. The molecule has 0 fully saturated rings. The van der Waals surface area contributed by atoms with E-state index in [2.05, 4.69) is 4.98 Å². The predicted octanol–water partition coefficient (Wildman–Crippen LogP) is 1.76. The van der Waals surface area contributed by atoms with Crippen molar-refractivity contribution in [3.8, 4) is 17.4 Å². The van der Waals surface area contributed by atoms with Crippen molar-refractivity contribution >= 4 is 11.6 Å². The van der Waals surface area contributed by atoms with E-state index in [9.17, 15) is 0 Å². The van der Waals surface area contributed by atoms with Crippen molar-refractivity contribution in [3.05, 3.63) is 11.2 Å². The van der Waals surface area contributed by atoms with E-state index in [1.165, 1.54) is 21.3 Å². The quantitative estimate of drug-likeness (QED) is 0.702. The highest BCUT2D eigenvalue weighted by Crippen LogP contribution is 2.36. The second-order valence-electron chi connectivity index (χ2n) is 2.19. The minimum absolute atomic E-state index is 0.300. The molecule has 0 bridgehead atoms. The van der Waals surface area contributed by atoms with E-state index in [4.69, 9.17) is 25.8 Å². The fourth-order valence-corrected chi connectivity index (χ4v) is 1.11. The van der Waals surface area contributed by atoms with Crippen LogP contribution >= 0.6 is 11.6 Å². The first kappa shape index (κ1) is 9.92. The molecule has 0 saturated heterocycles. The zero-order valence-electron chi connectivity index (χ0n) is 7.63. The van der Waals surface area contributed by atoms with Gasteiger partial charge >= 0.3 is 0 Å². The average molecular weight is 204 g/mol. The van der Waals surface area contributed by atoms with Crippen LogP contribution in [0.4, 0.5) is 0 Å². The monoisotopic (exact) mass is 203 g/mol. The lowest BCUT2D eigenvalue weighted by Crippen LogP contribution is -1.97. The lowest BCUT2D eigenvalue weighted by Gasteiger charge is -2.10. The van der Waals surface area contributed by atoms with Crippen molar-refractivity contribution in [3.63, 3.8) is 0 Å². The number of hydrogen-bond acceptors (Lipinski definition) is 4. The maximum absolute atomic E-state index is 5.71. The summed E-state index contributed by atoms with van der Waals surface area (Å²) in [7, 11) is 4.52. The Morgan fingerprint density at radius 1 is 1.15 bits per heavy atom. The second-order valence-corrected chi connectivity index (χ2v) is 2.58. The summed E-state index contributed by atoms with van der Waals surface area (Å²) in [6, 6.07) is 1.56. The van der Waals surface area contributed by atoms with Crippen molar-refractivity contribution in [2.45, 2.75) is 0 Å². The van der Waals surface area contributed by atoms with Crippen LogP contribution in [0, 0.1) is 0 Å². The third-order valence-corrected chi connectivity index (χ3v) is 1.69. The summed E-state index contributed by atoms with van der Waals surface area (Å²) >= 11 is 5.71. The van der Waals surface area contributed by atoms with Gasteiger partial charge in [0, 0.05) is 6.07 Å². The standard InChI is InChI=1S/C8H10ClNO3/c1-11-5-4-6(9)10-8(13-3)7(5)12-2/h4H,1-3H3. The van der Waals surface area contributed by atoms with Crippen LogP contribution in [0.5, 0.6) is 17.4 Å². The van der Waals surface area contributed by atoms with Crippen molar-refractivity contribution in [1.82, 2.24) is 4.98 Å². The lowest BCUT2D eigenvalue weighted by molar-refractivity contribution is 0.316. The van der Waals surface area contributed by atoms with Gasteiger partial charge in [0.05, 0.1) is 21.3 Å². The van der Waals surface area contributed by atoms with Gasteiger partial charge in [0.1, 0.15) is 5.15 Å². The first-order chi connectivity index (χ1) is 6.22. The molecule has 1 heterocycles. The average Bonchev–Trinajstić information content (AvgIpc) is 2.16. The van der Waals surface area contributed by atoms with Gasteiger partial charge in [-0.15, -0.1) is 0 Å². The number of pyridine rings is 1. The number of halogens is 1. The summed E-state index contributed by atoms with van der Waals surface area (Å²) in [5.41, 5.74) is 0. The molecule has 13 heavy (non-hydrogen) atoms. The van der Waals surface area contributed by atoms with Crippen LogP contribution in [0.25, 0.3) is 0 Å². The van der Waals surface area contributed by atoms with E-state index in [1.54, 1.807) is 6.07 Å². The van der Waals surface area contributed by atoms with E-state index in [1.807, 2.05) is 0 Å². The number of methoxy groups -OCH3 is 3. The fourth-order valence-electron chi connectivity index (χ4n) is 0.937. The molecule has 5 heteroatoms. The smallest absolute Gasteiger partial charge is 0.262 e. The van der Waals surface area contributed by atoms with E-state index in [0.29, 0.717) is 22.5 Å². The second kappa shape index (κ2) is 4.18. The van der Waals surface area contributed by atoms with Gasteiger partial charge in [-0.1, -0.05) is 11.6 Å². The van der Waals surface area contributed by atoms with Gasteiger partial charge < -0.3 is 14.2 Å². The van der Waals surface area contributed by atoms with Crippen molar-refractivity contribution in [2.75, 3.05) is 21.3 Å². The molecule has 0 radical (unpaired) electrons. The highest BCUT2D eigenvalue weighted by Gasteiger charge is 2.13. The Balaban J connectivity index is 3.25. The molecule has 0 N–H and O–H groups in total. The molecule has 0 unspecified atom stereocenters. The molecule has 0 aliphatic rings. The van der Waals surface area contributed by atoms with Gasteiger partial charge in [0.15, 0.2) is 5.75 Å². The lowest BCUT2D eigenvalue weighted by atomic mass is 10.4. The molecule has 0 amide bonds. The zero-order valence-corrected chi connectivity index (χ0v) is 8.38. The molecule has 4 nitrogen and oxygen atoms in total. The maximum atomic E-state index is 5.71. The van der Waals surface area contributed by atoms with E-state index < -0.39 is 0 Å². The SMILES string of the molecule is COc1cc(Cl)nc(OC)c1OC. The van der Waals surface area contributed by atoms with Crippen molar-refractivity contribution in [2.24, 2.45) is 0 Å². The summed E-state index contributed by atoms with van der Waals surface area (Å²) < 4.78 is 15.0. The Labute approximate surface area is 81.4 Å². The molecule has 1 rings (SSSR count). The Hall–Kier alpha value is -1.16. The Morgan fingerprint density at radius 2 is 1.85 bits per heavy atom. The number of hydrogen-bond donors (Lipinski definition) is 0.